The molecule has 4 unspecified atom stereocenters. The molecule has 1 heterocycles. The van der Waals surface area contributed by atoms with E-state index < -0.39 is 29.1 Å². The van der Waals surface area contributed by atoms with Crippen molar-refractivity contribution in [3.8, 4) is 0 Å². The van der Waals surface area contributed by atoms with E-state index in [1.807, 2.05) is 0 Å². The SMILES string of the molecule is CC(C)C(NC(=O)c1c(F)cccc1F)C(=O)N1CC2CCC(N)C2C1.Cl. The Bertz CT molecular complexity index is 696. The van der Waals surface area contributed by atoms with E-state index >= 15 is 0 Å². The summed E-state index contributed by atoms with van der Waals surface area (Å²) in [6.45, 7) is 4.80. The first kappa shape index (κ1) is 21.6. The van der Waals surface area contributed by atoms with E-state index in [0.29, 0.717) is 24.9 Å². The number of hydrogen-bond donors (Lipinski definition) is 2. The second-order valence-corrected chi connectivity index (χ2v) is 7.70. The molecule has 1 saturated carbocycles. The fourth-order valence-electron chi connectivity index (χ4n) is 4.13. The zero-order valence-electron chi connectivity index (χ0n) is 15.5. The van der Waals surface area contributed by atoms with Crippen LogP contribution in [0.25, 0.3) is 0 Å². The van der Waals surface area contributed by atoms with Gasteiger partial charge in [-0.25, -0.2) is 8.78 Å². The molecule has 0 radical (unpaired) electrons. The molecule has 0 aromatic heterocycles. The first-order valence-electron chi connectivity index (χ1n) is 9.08. The number of amides is 2. The lowest BCUT2D eigenvalue weighted by atomic mass is 9.98. The molecule has 0 bridgehead atoms. The number of nitrogens with two attached hydrogens (primary N) is 1. The van der Waals surface area contributed by atoms with Crippen LogP contribution in [-0.2, 0) is 4.79 Å². The van der Waals surface area contributed by atoms with Crippen LogP contribution in [0.4, 0.5) is 8.78 Å². The Morgan fingerprint density at radius 3 is 2.37 bits per heavy atom. The highest BCUT2D eigenvalue weighted by atomic mass is 35.5. The highest BCUT2D eigenvalue weighted by Crippen LogP contribution is 2.37. The zero-order valence-corrected chi connectivity index (χ0v) is 16.3. The lowest BCUT2D eigenvalue weighted by Crippen LogP contribution is -2.51. The molecule has 0 spiro atoms. The van der Waals surface area contributed by atoms with Crippen molar-refractivity contribution in [1.82, 2.24) is 10.2 Å². The van der Waals surface area contributed by atoms with Gasteiger partial charge in [-0.05, 0) is 42.7 Å². The topological polar surface area (TPSA) is 75.4 Å². The van der Waals surface area contributed by atoms with Crippen molar-refractivity contribution in [3.05, 3.63) is 35.4 Å². The average molecular weight is 402 g/mol. The Morgan fingerprint density at radius 2 is 1.81 bits per heavy atom. The summed E-state index contributed by atoms with van der Waals surface area (Å²) in [6.07, 6.45) is 1.99. The largest absolute Gasteiger partial charge is 0.340 e. The van der Waals surface area contributed by atoms with Gasteiger partial charge in [-0.15, -0.1) is 12.4 Å². The van der Waals surface area contributed by atoms with Crippen molar-refractivity contribution in [2.45, 2.75) is 38.8 Å². The summed E-state index contributed by atoms with van der Waals surface area (Å²) >= 11 is 0. The quantitative estimate of drug-likeness (QED) is 0.813. The molecule has 3 N–H and O–H groups in total. The predicted molar refractivity (Wildman–Crippen MR) is 100 cm³/mol. The standard InChI is InChI=1S/C19H25F2N3O2.ClH/c1-10(2)17(23-18(25)16-13(20)4-3-5-14(16)21)19(26)24-8-11-6-7-15(22)12(11)9-24;/h3-5,10-12,15,17H,6-9,22H2,1-2H3,(H,23,25);1H. The minimum atomic E-state index is -0.945. The van der Waals surface area contributed by atoms with Gasteiger partial charge in [0.2, 0.25) is 5.91 Å². The molecule has 2 fully saturated rings. The highest BCUT2D eigenvalue weighted by Gasteiger charge is 2.44. The van der Waals surface area contributed by atoms with Crippen LogP contribution in [0.5, 0.6) is 0 Å². The van der Waals surface area contributed by atoms with E-state index in [1.54, 1.807) is 18.7 Å². The number of carbonyl (C=O) groups is 2. The van der Waals surface area contributed by atoms with Gasteiger partial charge in [0, 0.05) is 19.1 Å². The lowest BCUT2D eigenvalue weighted by Gasteiger charge is -2.28. The molecule has 1 aliphatic carbocycles. The van der Waals surface area contributed by atoms with Crippen molar-refractivity contribution in [1.29, 1.82) is 0 Å². The Kier molecular flexibility index (Phi) is 6.81. The van der Waals surface area contributed by atoms with Crippen LogP contribution >= 0.6 is 12.4 Å². The maximum atomic E-state index is 13.8. The molecule has 3 rings (SSSR count). The number of nitrogens with zero attached hydrogens (tertiary/aromatic N) is 1. The van der Waals surface area contributed by atoms with Gasteiger partial charge in [0.05, 0.1) is 0 Å². The smallest absolute Gasteiger partial charge is 0.257 e. The molecule has 150 valence electrons. The third kappa shape index (κ3) is 4.24. The summed E-state index contributed by atoms with van der Waals surface area (Å²) in [6, 6.07) is 2.51. The lowest BCUT2D eigenvalue weighted by molar-refractivity contribution is -0.133. The summed E-state index contributed by atoms with van der Waals surface area (Å²) in [5.74, 6) is -2.53. The molecular formula is C19H26ClF2N3O2. The van der Waals surface area contributed by atoms with Crippen molar-refractivity contribution in [2.24, 2.45) is 23.5 Å². The summed E-state index contributed by atoms with van der Waals surface area (Å²) in [7, 11) is 0. The van der Waals surface area contributed by atoms with Gasteiger partial charge in [-0.2, -0.15) is 0 Å². The van der Waals surface area contributed by atoms with Crippen LogP contribution in [0, 0.1) is 29.4 Å². The zero-order chi connectivity index (χ0) is 19.0. The summed E-state index contributed by atoms with van der Waals surface area (Å²) in [4.78, 5) is 27.1. The number of carbonyl (C=O) groups excluding carboxylic acids is 2. The molecule has 5 nitrogen and oxygen atoms in total. The first-order valence-corrected chi connectivity index (χ1v) is 9.08. The molecule has 1 aromatic carbocycles. The van der Waals surface area contributed by atoms with Crippen molar-refractivity contribution in [2.75, 3.05) is 13.1 Å². The molecule has 4 atom stereocenters. The van der Waals surface area contributed by atoms with Gasteiger partial charge in [-0.3, -0.25) is 9.59 Å². The van der Waals surface area contributed by atoms with Crippen LogP contribution in [0.1, 0.15) is 37.0 Å². The minimum Gasteiger partial charge on any atom is -0.340 e. The second-order valence-electron chi connectivity index (χ2n) is 7.70. The van der Waals surface area contributed by atoms with E-state index in [4.69, 9.17) is 5.73 Å². The van der Waals surface area contributed by atoms with E-state index in [1.165, 1.54) is 6.07 Å². The number of benzene rings is 1. The van der Waals surface area contributed by atoms with Crippen molar-refractivity contribution in [3.63, 3.8) is 0 Å². The number of fused-ring (bicyclic) bond motifs is 1. The Labute approximate surface area is 164 Å². The summed E-state index contributed by atoms with van der Waals surface area (Å²) in [5.41, 5.74) is 5.46. The van der Waals surface area contributed by atoms with Crippen LogP contribution in [0.15, 0.2) is 18.2 Å². The second kappa shape index (κ2) is 8.52. The maximum Gasteiger partial charge on any atom is 0.257 e. The number of hydrogen-bond acceptors (Lipinski definition) is 3. The van der Waals surface area contributed by atoms with Crippen LogP contribution < -0.4 is 11.1 Å². The van der Waals surface area contributed by atoms with Gasteiger partial charge < -0.3 is 16.0 Å². The van der Waals surface area contributed by atoms with Crippen LogP contribution in [-0.4, -0.2) is 41.9 Å². The van der Waals surface area contributed by atoms with Gasteiger partial charge >= 0.3 is 0 Å². The molecule has 1 aliphatic heterocycles. The molecule has 8 heteroatoms. The third-order valence-electron chi connectivity index (χ3n) is 5.63. The van der Waals surface area contributed by atoms with Gasteiger partial charge in [0.25, 0.3) is 5.91 Å². The van der Waals surface area contributed by atoms with E-state index in [9.17, 15) is 18.4 Å². The highest BCUT2D eigenvalue weighted by molar-refractivity contribution is 5.98. The van der Waals surface area contributed by atoms with E-state index in [2.05, 4.69) is 5.32 Å². The first-order chi connectivity index (χ1) is 12.3. The molecule has 27 heavy (non-hydrogen) atoms. The third-order valence-corrected chi connectivity index (χ3v) is 5.63. The summed E-state index contributed by atoms with van der Waals surface area (Å²) in [5, 5.41) is 2.53. The summed E-state index contributed by atoms with van der Waals surface area (Å²) < 4.78 is 27.7. The van der Waals surface area contributed by atoms with Gasteiger partial charge in [-0.1, -0.05) is 19.9 Å². The fourth-order valence-corrected chi connectivity index (χ4v) is 4.13. The normalized spacial score (nSPS) is 25.1. The van der Waals surface area contributed by atoms with Gasteiger partial charge in [0.1, 0.15) is 23.2 Å². The fraction of sp³-hybridized carbons (Fsp3) is 0.579. The molecule has 2 amide bonds. The number of rotatable bonds is 4. The van der Waals surface area contributed by atoms with E-state index in [-0.39, 0.29) is 30.3 Å². The van der Waals surface area contributed by atoms with Crippen LogP contribution in [0.3, 0.4) is 0 Å². The van der Waals surface area contributed by atoms with Crippen molar-refractivity contribution >= 4 is 24.2 Å². The predicted octanol–water partition coefficient (Wildman–Crippen LogP) is 2.34. The monoisotopic (exact) mass is 401 g/mol. The Balaban J connectivity index is 0.00000261. The maximum absolute atomic E-state index is 13.8. The molecule has 1 saturated heterocycles. The Morgan fingerprint density at radius 1 is 1.19 bits per heavy atom. The Hall–Kier alpha value is -1.73. The van der Waals surface area contributed by atoms with Gasteiger partial charge in [0.15, 0.2) is 0 Å². The molecule has 1 aromatic rings. The van der Waals surface area contributed by atoms with Crippen LogP contribution in [0.2, 0.25) is 0 Å². The molecule has 2 aliphatic rings. The minimum absolute atomic E-state index is 0. The number of nitrogens with one attached hydrogen (secondary N) is 1. The number of likely N-dealkylation sites (tertiary alicyclic amines) is 1. The molecular weight excluding hydrogens is 376 g/mol. The van der Waals surface area contributed by atoms with E-state index in [0.717, 1.165) is 25.0 Å². The number of halogens is 3. The average Bonchev–Trinajstić information content (AvgIpc) is 3.14. The van der Waals surface area contributed by atoms with Crippen molar-refractivity contribution < 1.29 is 18.4 Å².